The van der Waals surface area contributed by atoms with Gasteiger partial charge in [0.05, 0.1) is 22.0 Å². The van der Waals surface area contributed by atoms with Gasteiger partial charge in [-0.25, -0.2) is 0 Å². The standard InChI is InChI=1S/C13H12N3O5/c1-2-14-8-4-3-5-13(14)21-10-6-7-11(15(17)18)12(9-10)16(19)20/h3-9H,2H2,1H3/q+1. The molecular formula is C13H12N3O5+. The Hall–Kier alpha value is -3.03. The van der Waals surface area contributed by atoms with Crippen molar-refractivity contribution in [2.45, 2.75) is 13.5 Å². The fourth-order valence-corrected chi connectivity index (χ4v) is 1.80. The minimum absolute atomic E-state index is 0.167. The van der Waals surface area contributed by atoms with E-state index in [1.165, 1.54) is 6.07 Å². The van der Waals surface area contributed by atoms with E-state index in [9.17, 15) is 20.2 Å². The van der Waals surface area contributed by atoms with Crippen molar-refractivity contribution in [1.29, 1.82) is 0 Å². The van der Waals surface area contributed by atoms with Crippen LogP contribution >= 0.6 is 0 Å². The van der Waals surface area contributed by atoms with Crippen molar-refractivity contribution in [2.75, 3.05) is 0 Å². The fourth-order valence-electron chi connectivity index (χ4n) is 1.80. The van der Waals surface area contributed by atoms with Crippen molar-refractivity contribution in [3.8, 4) is 11.6 Å². The minimum Gasteiger partial charge on any atom is -0.405 e. The van der Waals surface area contributed by atoms with Crippen molar-refractivity contribution in [3.63, 3.8) is 0 Å². The molecule has 1 heterocycles. The number of nitro groups is 2. The van der Waals surface area contributed by atoms with E-state index in [4.69, 9.17) is 4.74 Å². The Balaban J connectivity index is 2.39. The Morgan fingerprint density at radius 2 is 1.81 bits per heavy atom. The minimum atomic E-state index is -0.802. The molecule has 0 amide bonds. The van der Waals surface area contributed by atoms with Gasteiger partial charge >= 0.3 is 17.3 Å². The first-order valence-electron chi connectivity index (χ1n) is 6.12. The monoisotopic (exact) mass is 290 g/mol. The summed E-state index contributed by atoms with van der Waals surface area (Å²) >= 11 is 0. The first-order chi connectivity index (χ1) is 10.0. The SMILES string of the molecule is CC[n+]1ccccc1Oc1ccc([N+](=O)[O-])c([N+](=O)[O-])c1. The molecule has 1 aromatic heterocycles. The van der Waals surface area contributed by atoms with E-state index in [0.29, 0.717) is 12.4 Å². The highest BCUT2D eigenvalue weighted by atomic mass is 16.6. The van der Waals surface area contributed by atoms with Gasteiger partial charge in [-0.15, -0.1) is 0 Å². The second kappa shape index (κ2) is 5.95. The number of nitro benzene ring substituents is 2. The molecule has 8 heteroatoms. The number of benzene rings is 1. The molecule has 0 saturated carbocycles. The number of rotatable bonds is 5. The highest BCUT2D eigenvalue weighted by Gasteiger charge is 2.25. The van der Waals surface area contributed by atoms with Crippen LogP contribution in [0.15, 0.2) is 42.6 Å². The van der Waals surface area contributed by atoms with Crippen molar-refractivity contribution in [1.82, 2.24) is 0 Å². The molecule has 0 aliphatic heterocycles. The lowest BCUT2D eigenvalue weighted by atomic mass is 10.2. The van der Waals surface area contributed by atoms with Crippen LogP contribution in [0.2, 0.25) is 0 Å². The van der Waals surface area contributed by atoms with Gasteiger partial charge in [0.1, 0.15) is 12.3 Å². The number of aromatic nitrogens is 1. The fraction of sp³-hybridized carbons (Fsp3) is 0.154. The molecule has 0 aliphatic rings. The van der Waals surface area contributed by atoms with Gasteiger partial charge < -0.3 is 4.74 Å². The van der Waals surface area contributed by atoms with Gasteiger partial charge in [-0.05, 0) is 19.1 Å². The van der Waals surface area contributed by atoms with E-state index < -0.39 is 21.2 Å². The van der Waals surface area contributed by atoms with Crippen LogP contribution in [0.1, 0.15) is 6.92 Å². The third-order valence-corrected chi connectivity index (χ3v) is 2.80. The molecule has 0 spiro atoms. The van der Waals surface area contributed by atoms with Gasteiger partial charge in [-0.2, -0.15) is 4.57 Å². The van der Waals surface area contributed by atoms with Crippen molar-refractivity contribution >= 4 is 11.4 Å². The van der Waals surface area contributed by atoms with E-state index >= 15 is 0 Å². The van der Waals surface area contributed by atoms with E-state index in [0.717, 1.165) is 12.1 Å². The van der Waals surface area contributed by atoms with Crippen molar-refractivity contribution in [2.24, 2.45) is 0 Å². The topological polar surface area (TPSA) is 99.4 Å². The summed E-state index contributed by atoms with van der Waals surface area (Å²) in [5.74, 6) is 0.656. The van der Waals surface area contributed by atoms with E-state index in [1.54, 1.807) is 22.9 Å². The maximum atomic E-state index is 10.9. The van der Waals surface area contributed by atoms with Crippen LogP contribution in [-0.2, 0) is 6.54 Å². The summed E-state index contributed by atoms with van der Waals surface area (Å²) in [5, 5.41) is 21.6. The summed E-state index contributed by atoms with van der Waals surface area (Å²) in [7, 11) is 0. The second-order valence-corrected chi connectivity index (χ2v) is 4.09. The largest absolute Gasteiger partial charge is 0.405 e. The molecule has 0 fully saturated rings. The molecule has 1 aromatic carbocycles. The number of ether oxygens (including phenoxy) is 1. The molecule has 21 heavy (non-hydrogen) atoms. The lowest BCUT2D eigenvalue weighted by Crippen LogP contribution is -2.33. The normalized spacial score (nSPS) is 10.1. The third kappa shape index (κ3) is 3.11. The number of pyridine rings is 1. The van der Waals surface area contributed by atoms with Gasteiger partial charge in [0, 0.05) is 12.1 Å². The van der Waals surface area contributed by atoms with Crippen LogP contribution < -0.4 is 9.30 Å². The van der Waals surface area contributed by atoms with E-state index in [2.05, 4.69) is 0 Å². The zero-order valence-corrected chi connectivity index (χ0v) is 11.1. The molecule has 2 rings (SSSR count). The Morgan fingerprint density at radius 1 is 1.10 bits per heavy atom. The van der Waals surface area contributed by atoms with Crippen LogP contribution in [0.25, 0.3) is 0 Å². The zero-order valence-electron chi connectivity index (χ0n) is 11.1. The molecule has 2 aromatic rings. The number of hydrogen-bond donors (Lipinski definition) is 0. The average molecular weight is 290 g/mol. The third-order valence-electron chi connectivity index (χ3n) is 2.80. The van der Waals surface area contributed by atoms with Crippen LogP contribution in [-0.4, -0.2) is 9.85 Å². The first kappa shape index (κ1) is 14.4. The Labute approximate surface area is 119 Å². The van der Waals surface area contributed by atoms with E-state index in [-0.39, 0.29) is 5.75 Å². The lowest BCUT2D eigenvalue weighted by Gasteiger charge is -2.04. The lowest BCUT2D eigenvalue weighted by molar-refractivity contribution is -0.697. The van der Waals surface area contributed by atoms with Gasteiger partial charge in [-0.3, -0.25) is 20.2 Å². The summed E-state index contributed by atoms with van der Waals surface area (Å²) in [6, 6.07) is 8.74. The smallest absolute Gasteiger partial charge is 0.373 e. The van der Waals surface area contributed by atoms with Gasteiger partial charge in [-0.1, -0.05) is 0 Å². The van der Waals surface area contributed by atoms with E-state index in [1.807, 2.05) is 13.0 Å². The maximum absolute atomic E-state index is 10.9. The van der Waals surface area contributed by atoms with Crippen molar-refractivity contribution < 1.29 is 19.2 Å². The van der Waals surface area contributed by atoms with Gasteiger partial charge in [0.15, 0.2) is 6.20 Å². The maximum Gasteiger partial charge on any atom is 0.373 e. The second-order valence-electron chi connectivity index (χ2n) is 4.09. The first-order valence-corrected chi connectivity index (χ1v) is 6.12. The summed E-state index contributed by atoms with van der Waals surface area (Å²) in [6.45, 7) is 2.58. The molecule has 0 unspecified atom stereocenters. The quantitative estimate of drug-likeness (QED) is 0.478. The predicted molar refractivity (Wildman–Crippen MR) is 72.1 cm³/mol. The van der Waals surface area contributed by atoms with Crippen molar-refractivity contribution in [3.05, 3.63) is 62.8 Å². The van der Waals surface area contributed by atoms with Crippen LogP contribution in [0.3, 0.4) is 0 Å². The zero-order chi connectivity index (χ0) is 15.4. The molecule has 0 saturated heterocycles. The van der Waals surface area contributed by atoms with Crippen LogP contribution in [0, 0.1) is 20.2 Å². The van der Waals surface area contributed by atoms with Gasteiger partial charge in [0.2, 0.25) is 0 Å². The summed E-state index contributed by atoms with van der Waals surface area (Å²) in [5.41, 5.74) is -1.17. The van der Waals surface area contributed by atoms with Crippen LogP contribution in [0.4, 0.5) is 11.4 Å². The highest BCUT2D eigenvalue weighted by Crippen LogP contribution is 2.32. The molecule has 0 atom stereocenters. The number of hydrogen-bond acceptors (Lipinski definition) is 5. The average Bonchev–Trinajstić information content (AvgIpc) is 2.47. The Bertz CT molecular complexity index is 702. The molecule has 0 radical (unpaired) electrons. The highest BCUT2D eigenvalue weighted by molar-refractivity contribution is 5.56. The Morgan fingerprint density at radius 3 is 2.43 bits per heavy atom. The molecule has 0 bridgehead atoms. The van der Waals surface area contributed by atoms with Crippen LogP contribution in [0.5, 0.6) is 11.6 Å². The number of nitrogens with zero attached hydrogens (tertiary/aromatic N) is 3. The summed E-state index contributed by atoms with van der Waals surface area (Å²) in [4.78, 5) is 20.1. The number of aryl methyl sites for hydroxylation is 1. The molecular weight excluding hydrogens is 278 g/mol. The summed E-state index contributed by atoms with van der Waals surface area (Å²) in [6.07, 6.45) is 1.80. The summed E-state index contributed by atoms with van der Waals surface area (Å²) < 4.78 is 7.36. The Kier molecular flexibility index (Phi) is 4.07. The molecule has 0 aliphatic carbocycles. The predicted octanol–water partition coefficient (Wildman–Crippen LogP) is 2.60. The molecule has 8 nitrogen and oxygen atoms in total. The molecule has 0 N–H and O–H groups in total. The van der Waals surface area contributed by atoms with Gasteiger partial charge in [0.25, 0.3) is 0 Å². The molecule has 108 valence electrons.